The van der Waals surface area contributed by atoms with E-state index in [1.165, 1.54) is 5.56 Å². The Morgan fingerprint density at radius 3 is 2.71 bits per heavy atom. The van der Waals surface area contributed by atoms with Crippen molar-refractivity contribution in [1.82, 2.24) is 9.97 Å². The minimum absolute atomic E-state index is 0.177. The van der Waals surface area contributed by atoms with E-state index in [1.807, 2.05) is 30.3 Å². The molecule has 28 heavy (non-hydrogen) atoms. The van der Waals surface area contributed by atoms with E-state index in [9.17, 15) is 0 Å². The summed E-state index contributed by atoms with van der Waals surface area (Å²) >= 11 is 1.61. The second-order valence-corrected chi connectivity index (χ2v) is 7.48. The maximum atomic E-state index is 6.21. The highest BCUT2D eigenvalue weighted by molar-refractivity contribution is 7.17. The van der Waals surface area contributed by atoms with E-state index >= 15 is 0 Å². The summed E-state index contributed by atoms with van der Waals surface area (Å²) in [5.74, 6) is 2.41. The Labute approximate surface area is 167 Å². The van der Waals surface area contributed by atoms with Crippen LogP contribution in [0, 0.1) is 0 Å². The number of nitrogens with one attached hydrogen (secondary N) is 1. The Morgan fingerprint density at radius 1 is 1.00 bits per heavy atom. The lowest BCUT2D eigenvalue weighted by Crippen LogP contribution is -2.21. The molecular formula is C22H19N3O2S. The normalized spacial score (nSPS) is 15.5. The first-order valence-electron chi connectivity index (χ1n) is 9.27. The zero-order chi connectivity index (χ0) is 18.8. The van der Waals surface area contributed by atoms with Gasteiger partial charge in [0.25, 0.3) is 0 Å². The topological polar surface area (TPSA) is 56.3 Å². The van der Waals surface area contributed by atoms with Crippen LogP contribution < -0.4 is 14.8 Å². The summed E-state index contributed by atoms with van der Waals surface area (Å²) in [4.78, 5) is 9.89. The highest BCUT2D eigenvalue weighted by Gasteiger charge is 2.26. The maximum Gasteiger partial charge on any atom is 0.162 e. The molecule has 0 amide bonds. The lowest BCUT2D eigenvalue weighted by Gasteiger charge is -2.26. The number of aromatic nitrogens is 2. The number of anilines is 1. The number of rotatable bonds is 5. The van der Waals surface area contributed by atoms with Gasteiger partial charge in [-0.25, -0.2) is 9.97 Å². The summed E-state index contributed by atoms with van der Waals surface area (Å²) in [5.41, 5.74) is 2.36. The van der Waals surface area contributed by atoms with Gasteiger partial charge < -0.3 is 14.8 Å². The van der Waals surface area contributed by atoms with Gasteiger partial charge in [-0.15, -0.1) is 11.3 Å². The van der Waals surface area contributed by atoms with Gasteiger partial charge >= 0.3 is 0 Å². The van der Waals surface area contributed by atoms with Crippen LogP contribution in [0.25, 0.3) is 10.2 Å². The van der Waals surface area contributed by atoms with E-state index in [4.69, 9.17) is 9.47 Å². The minimum atomic E-state index is -0.177. The molecule has 0 saturated heterocycles. The number of ether oxygens (including phenoxy) is 2. The molecule has 0 spiro atoms. The summed E-state index contributed by atoms with van der Waals surface area (Å²) in [6.45, 7) is 1.28. The molecule has 1 aliphatic rings. The SMILES string of the molecule is c1ccc(CCNc2ncnc3scc([C@H]4COc5ccccc5O4)c23)cc1. The van der Waals surface area contributed by atoms with E-state index in [0.29, 0.717) is 6.61 Å². The van der Waals surface area contributed by atoms with E-state index in [2.05, 4.69) is 44.9 Å². The Hall–Kier alpha value is -3.12. The molecule has 0 unspecified atom stereocenters. The Kier molecular flexibility index (Phi) is 4.54. The molecule has 0 radical (unpaired) electrons. The van der Waals surface area contributed by atoms with Crippen molar-refractivity contribution in [2.24, 2.45) is 0 Å². The van der Waals surface area contributed by atoms with Crippen LogP contribution in [0.1, 0.15) is 17.2 Å². The monoisotopic (exact) mass is 389 g/mol. The Morgan fingerprint density at radius 2 is 1.82 bits per heavy atom. The molecule has 0 aliphatic carbocycles. The van der Waals surface area contributed by atoms with Gasteiger partial charge in [0.15, 0.2) is 17.6 Å². The summed E-state index contributed by atoms with van der Waals surface area (Å²) in [5, 5.41) is 6.60. The van der Waals surface area contributed by atoms with Gasteiger partial charge in [0, 0.05) is 17.5 Å². The molecule has 0 bridgehead atoms. The third kappa shape index (κ3) is 3.27. The molecule has 2 aromatic heterocycles. The molecule has 2 aromatic carbocycles. The van der Waals surface area contributed by atoms with Gasteiger partial charge in [-0.3, -0.25) is 0 Å². The average Bonchev–Trinajstić information content (AvgIpc) is 3.19. The lowest BCUT2D eigenvalue weighted by molar-refractivity contribution is 0.0925. The van der Waals surface area contributed by atoms with Crippen LogP contribution >= 0.6 is 11.3 Å². The summed E-state index contributed by atoms with van der Waals surface area (Å²) in [7, 11) is 0. The first kappa shape index (κ1) is 17.0. The smallest absolute Gasteiger partial charge is 0.162 e. The van der Waals surface area contributed by atoms with Gasteiger partial charge in [0.05, 0.1) is 5.39 Å². The number of thiophene rings is 1. The van der Waals surface area contributed by atoms with Crippen LogP contribution in [0.4, 0.5) is 5.82 Å². The fourth-order valence-electron chi connectivity index (χ4n) is 3.41. The van der Waals surface area contributed by atoms with E-state index in [0.717, 1.165) is 46.1 Å². The second-order valence-electron chi connectivity index (χ2n) is 6.62. The Balaban J connectivity index is 1.40. The molecule has 4 aromatic rings. The van der Waals surface area contributed by atoms with Gasteiger partial charge in [0.1, 0.15) is 23.6 Å². The molecule has 140 valence electrons. The molecule has 1 N–H and O–H groups in total. The van der Waals surface area contributed by atoms with E-state index in [1.54, 1.807) is 17.7 Å². The molecule has 5 rings (SSSR count). The molecule has 1 aliphatic heterocycles. The Bertz CT molecular complexity index is 1100. The van der Waals surface area contributed by atoms with E-state index in [-0.39, 0.29) is 6.10 Å². The predicted molar refractivity (Wildman–Crippen MR) is 111 cm³/mol. The third-order valence-electron chi connectivity index (χ3n) is 4.80. The van der Waals surface area contributed by atoms with Crippen molar-refractivity contribution in [3.63, 3.8) is 0 Å². The largest absolute Gasteiger partial charge is 0.485 e. The summed E-state index contributed by atoms with van der Waals surface area (Å²) in [6, 6.07) is 18.2. The molecule has 0 saturated carbocycles. The molecular weight excluding hydrogens is 370 g/mol. The second kappa shape index (κ2) is 7.48. The first-order chi connectivity index (χ1) is 13.9. The van der Waals surface area contributed by atoms with Crippen molar-refractivity contribution >= 4 is 27.4 Å². The molecule has 0 fully saturated rings. The van der Waals surface area contributed by atoms with Gasteiger partial charge in [0.2, 0.25) is 0 Å². The van der Waals surface area contributed by atoms with E-state index < -0.39 is 0 Å². The average molecular weight is 389 g/mol. The molecule has 6 heteroatoms. The number of fused-ring (bicyclic) bond motifs is 2. The fraction of sp³-hybridized carbons (Fsp3) is 0.182. The fourth-order valence-corrected chi connectivity index (χ4v) is 4.36. The van der Waals surface area contributed by atoms with Crippen molar-refractivity contribution < 1.29 is 9.47 Å². The highest BCUT2D eigenvalue weighted by atomic mass is 32.1. The van der Waals surface area contributed by atoms with Gasteiger partial charge in [-0.2, -0.15) is 0 Å². The molecule has 1 atom stereocenters. The first-order valence-corrected chi connectivity index (χ1v) is 10.1. The molecule has 3 heterocycles. The zero-order valence-electron chi connectivity index (χ0n) is 15.2. The summed E-state index contributed by atoms with van der Waals surface area (Å²) in [6.07, 6.45) is 2.37. The number of hydrogen-bond donors (Lipinski definition) is 1. The van der Waals surface area contributed by atoms with Gasteiger partial charge in [-0.05, 0) is 24.1 Å². The number of nitrogens with zero attached hydrogens (tertiary/aromatic N) is 2. The minimum Gasteiger partial charge on any atom is -0.485 e. The van der Waals surface area contributed by atoms with Gasteiger partial charge in [-0.1, -0.05) is 42.5 Å². The number of benzene rings is 2. The van der Waals surface area contributed by atoms with Crippen LogP contribution in [-0.4, -0.2) is 23.1 Å². The van der Waals surface area contributed by atoms with Crippen LogP contribution in [0.5, 0.6) is 11.5 Å². The van der Waals surface area contributed by atoms with Crippen LogP contribution in [0.15, 0.2) is 66.3 Å². The quantitative estimate of drug-likeness (QED) is 0.528. The van der Waals surface area contributed by atoms with Crippen LogP contribution in [0.3, 0.4) is 0 Å². The molecule has 5 nitrogen and oxygen atoms in total. The standard InChI is InChI=1S/C22H19N3O2S/c1-2-6-15(7-3-1)10-11-23-21-20-16(13-28-22(20)25-14-24-21)19-12-26-17-8-4-5-9-18(17)27-19/h1-9,13-14,19H,10-12H2,(H,23,24,25)/t19-/m1/s1. The van der Waals surface area contributed by atoms with Crippen molar-refractivity contribution in [2.45, 2.75) is 12.5 Å². The third-order valence-corrected chi connectivity index (χ3v) is 5.71. The maximum absolute atomic E-state index is 6.21. The van der Waals surface area contributed by atoms with Crippen molar-refractivity contribution in [2.75, 3.05) is 18.5 Å². The predicted octanol–water partition coefficient (Wildman–Crippen LogP) is 4.86. The number of hydrogen-bond acceptors (Lipinski definition) is 6. The van der Waals surface area contributed by atoms with Crippen molar-refractivity contribution in [3.8, 4) is 11.5 Å². The zero-order valence-corrected chi connectivity index (χ0v) is 16.0. The number of para-hydroxylation sites is 2. The van der Waals surface area contributed by atoms with Crippen LogP contribution in [-0.2, 0) is 6.42 Å². The highest BCUT2D eigenvalue weighted by Crippen LogP contribution is 2.40. The lowest BCUT2D eigenvalue weighted by atomic mass is 10.1. The van der Waals surface area contributed by atoms with Crippen molar-refractivity contribution in [1.29, 1.82) is 0 Å². The van der Waals surface area contributed by atoms with Crippen LogP contribution in [0.2, 0.25) is 0 Å². The summed E-state index contributed by atoms with van der Waals surface area (Å²) < 4.78 is 12.1. The van der Waals surface area contributed by atoms with Crippen molar-refractivity contribution in [3.05, 3.63) is 77.4 Å².